The average molecular weight is 965 g/mol. The second-order valence-corrected chi connectivity index (χ2v) is 20.7. The molecule has 0 atom stereocenters. The summed E-state index contributed by atoms with van der Waals surface area (Å²) in [6.07, 6.45) is 0. The van der Waals surface area contributed by atoms with E-state index in [1.807, 2.05) is 0 Å². The maximum Gasteiger partial charge on any atom is 0.0755 e. The van der Waals surface area contributed by atoms with Gasteiger partial charge in [0.25, 0.3) is 0 Å². The predicted molar refractivity (Wildman–Crippen MR) is 315 cm³/mol. The Labute approximate surface area is 442 Å². The van der Waals surface area contributed by atoms with E-state index in [9.17, 15) is 0 Å². The lowest BCUT2D eigenvalue weighted by atomic mass is 9.65. The van der Waals surface area contributed by atoms with E-state index in [-0.39, 0.29) is 0 Å². The average Bonchev–Trinajstić information content (AvgIpc) is 4.30. The van der Waals surface area contributed by atoms with E-state index in [2.05, 4.69) is 301 Å². The van der Waals surface area contributed by atoms with Crippen LogP contribution in [0.25, 0.3) is 72.0 Å². The first-order chi connectivity index (χ1) is 37.7. The van der Waals surface area contributed by atoms with E-state index in [0.717, 1.165) is 28.2 Å². The molecule has 1 aliphatic heterocycles. The molecule has 2 aliphatic carbocycles. The summed E-state index contributed by atoms with van der Waals surface area (Å²) in [6, 6.07) is 109. The van der Waals surface area contributed by atoms with Gasteiger partial charge in [0.2, 0.25) is 0 Å². The maximum atomic E-state index is 2.55. The zero-order chi connectivity index (χ0) is 50.0. The highest BCUT2D eigenvalue weighted by molar-refractivity contribution is 6.14. The Morgan fingerprint density at radius 2 is 0.776 bits per heavy atom. The number of nitrogens with zero attached hydrogens (tertiary/aromatic N) is 2. The number of para-hydroxylation sites is 3. The Morgan fingerprint density at radius 3 is 1.43 bits per heavy atom. The summed E-state index contributed by atoms with van der Waals surface area (Å²) in [7, 11) is 0. The van der Waals surface area contributed by atoms with Crippen molar-refractivity contribution < 1.29 is 0 Å². The summed E-state index contributed by atoms with van der Waals surface area (Å²) in [5.41, 5.74) is 26.1. The van der Waals surface area contributed by atoms with Crippen LogP contribution in [0.5, 0.6) is 0 Å². The summed E-state index contributed by atoms with van der Waals surface area (Å²) < 4.78 is 2.55. The topological polar surface area (TPSA) is 8.17 Å². The highest BCUT2D eigenvalue weighted by Crippen LogP contribution is 2.62. The van der Waals surface area contributed by atoms with Crippen LogP contribution in [0.4, 0.5) is 17.1 Å². The van der Waals surface area contributed by atoms with Gasteiger partial charge in [0.05, 0.1) is 33.2 Å². The van der Waals surface area contributed by atoms with Crippen LogP contribution in [0.1, 0.15) is 44.5 Å². The molecule has 2 heteroatoms. The number of benzene rings is 12. The third-order valence-corrected chi connectivity index (χ3v) is 17.1. The molecule has 0 unspecified atom stereocenters. The lowest BCUT2D eigenvalue weighted by Gasteiger charge is -2.40. The van der Waals surface area contributed by atoms with Crippen molar-refractivity contribution >= 4 is 38.9 Å². The molecule has 0 N–H and O–H groups in total. The Bertz CT molecular complexity index is 4370. The van der Waals surface area contributed by atoms with Gasteiger partial charge >= 0.3 is 0 Å². The molecule has 0 saturated carbocycles. The van der Waals surface area contributed by atoms with Gasteiger partial charge in [0.1, 0.15) is 0 Å². The van der Waals surface area contributed by atoms with E-state index in [0.29, 0.717) is 0 Å². The minimum Gasteiger partial charge on any atom is -0.310 e. The summed E-state index contributed by atoms with van der Waals surface area (Å²) >= 11 is 0. The second kappa shape index (κ2) is 16.4. The van der Waals surface area contributed by atoms with Crippen LogP contribution in [0.3, 0.4) is 0 Å². The molecule has 0 radical (unpaired) electrons. The lowest BCUT2D eigenvalue weighted by Crippen LogP contribution is -2.33. The van der Waals surface area contributed by atoms with Crippen LogP contribution in [-0.2, 0) is 10.8 Å². The summed E-state index contributed by atoms with van der Waals surface area (Å²) in [5.74, 6) is 0. The number of aromatic nitrogens is 1. The zero-order valence-electron chi connectivity index (χ0n) is 41.6. The number of rotatable bonds is 7. The fourth-order valence-electron chi connectivity index (χ4n) is 14.1. The number of hydrogen-bond donors (Lipinski definition) is 0. The van der Waals surface area contributed by atoms with Crippen molar-refractivity contribution in [3.63, 3.8) is 0 Å². The fourth-order valence-corrected chi connectivity index (χ4v) is 14.1. The van der Waals surface area contributed by atoms with E-state index >= 15 is 0 Å². The molecule has 2 heterocycles. The molecule has 12 aromatic carbocycles. The Morgan fingerprint density at radius 1 is 0.276 bits per heavy atom. The fraction of sp³-hybridized carbons (Fsp3) is 0.0270. The van der Waals surface area contributed by atoms with E-state index in [4.69, 9.17) is 0 Å². The Hall–Kier alpha value is -9.76. The van der Waals surface area contributed by atoms with Gasteiger partial charge in [-0.05, 0) is 132 Å². The number of anilines is 3. The van der Waals surface area contributed by atoms with Gasteiger partial charge in [0, 0.05) is 27.7 Å². The molecule has 1 spiro atoms. The maximum absolute atomic E-state index is 2.55. The molecule has 0 amide bonds. The molecular formula is C74H48N2. The van der Waals surface area contributed by atoms with Crippen LogP contribution in [0.15, 0.2) is 291 Å². The van der Waals surface area contributed by atoms with Crippen molar-refractivity contribution in [2.24, 2.45) is 0 Å². The van der Waals surface area contributed by atoms with Gasteiger partial charge in [-0.3, -0.25) is 0 Å². The number of hydrogen-bond acceptors (Lipinski definition) is 1. The zero-order valence-corrected chi connectivity index (χ0v) is 41.6. The quantitative estimate of drug-likeness (QED) is 0.155. The first kappa shape index (κ1) is 42.7. The van der Waals surface area contributed by atoms with Gasteiger partial charge in [-0.2, -0.15) is 0 Å². The highest BCUT2D eigenvalue weighted by atomic mass is 15.1. The van der Waals surface area contributed by atoms with Crippen molar-refractivity contribution in [2.75, 3.05) is 4.90 Å². The molecule has 0 saturated heterocycles. The summed E-state index contributed by atoms with van der Waals surface area (Å²) in [5, 5.41) is 2.47. The van der Waals surface area contributed by atoms with Crippen LogP contribution in [0.2, 0.25) is 0 Å². The highest BCUT2D eigenvalue weighted by Gasteiger charge is 2.51. The monoisotopic (exact) mass is 964 g/mol. The lowest BCUT2D eigenvalue weighted by molar-refractivity contribution is 0.748. The predicted octanol–water partition coefficient (Wildman–Crippen LogP) is 18.6. The number of fused-ring (bicyclic) bond motifs is 15. The first-order valence-corrected chi connectivity index (χ1v) is 26.5. The second-order valence-electron chi connectivity index (χ2n) is 20.7. The molecule has 16 rings (SSSR count). The van der Waals surface area contributed by atoms with Crippen LogP contribution >= 0.6 is 0 Å². The molecule has 1 aromatic heterocycles. The third kappa shape index (κ3) is 5.76. The van der Waals surface area contributed by atoms with Crippen molar-refractivity contribution in [3.8, 4) is 50.2 Å². The van der Waals surface area contributed by atoms with E-state index < -0.39 is 10.8 Å². The smallest absolute Gasteiger partial charge is 0.0755 e. The van der Waals surface area contributed by atoms with Crippen LogP contribution in [-0.4, -0.2) is 4.57 Å². The van der Waals surface area contributed by atoms with Gasteiger partial charge in [0.15, 0.2) is 0 Å². The van der Waals surface area contributed by atoms with Gasteiger partial charge in [-0.1, -0.05) is 243 Å². The molecule has 0 bridgehead atoms. The standard InChI is InChI=1S/C74H48N2/c1-4-22-50(23-5-1)56-28-13-19-37-69(56)75(54-43-40-49(41-44-54)51-42-45-60-59-31-10-15-33-63(59)73(67(60)46-51,52-24-6-2-7-25-52)53-26-8-3-9-27-53)55-47-62-61-32-14-20-38-70(61)76-71-39-21-18-36-66(71)74(68(48-55)72(62)76)64-34-16-11-29-57(64)58-30-12-17-35-65(58)74/h1-48H. The molecule has 3 aliphatic rings. The third-order valence-electron chi connectivity index (χ3n) is 17.1. The van der Waals surface area contributed by atoms with E-state index in [1.54, 1.807) is 0 Å². The molecule has 0 fully saturated rings. The molecule has 2 nitrogen and oxygen atoms in total. The SMILES string of the molecule is c1ccc(-c2ccccc2N(c2ccc(-c3ccc4c(c3)C(c3ccccc3)(c3ccccc3)c3ccccc3-4)cc2)c2cc3c4c(c2)c2ccccc2n4-c2ccccc2C32c3ccccc3-c3ccccc32)cc1. The van der Waals surface area contributed by atoms with Crippen molar-refractivity contribution in [2.45, 2.75) is 10.8 Å². The van der Waals surface area contributed by atoms with Gasteiger partial charge in [-0.25, -0.2) is 0 Å². The minimum atomic E-state index is -0.584. The van der Waals surface area contributed by atoms with Crippen LogP contribution in [0, 0.1) is 0 Å². The van der Waals surface area contributed by atoms with Gasteiger partial charge in [-0.15, -0.1) is 0 Å². The summed E-state index contributed by atoms with van der Waals surface area (Å²) in [4.78, 5) is 2.52. The molecule has 13 aromatic rings. The Balaban J connectivity index is 0.941. The van der Waals surface area contributed by atoms with Crippen molar-refractivity contribution in [1.82, 2.24) is 4.57 Å². The van der Waals surface area contributed by atoms with E-state index in [1.165, 1.54) is 105 Å². The Kier molecular flexibility index (Phi) is 9.20. The largest absolute Gasteiger partial charge is 0.310 e. The summed E-state index contributed by atoms with van der Waals surface area (Å²) in [6.45, 7) is 0. The normalized spacial score (nSPS) is 13.7. The minimum absolute atomic E-state index is 0.484. The van der Waals surface area contributed by atoms with Crippen molar-refractivity contribution in [1.29, 1.82) is 0 Å². The molecule has 354 valence electrons. The molecular weight excluding hydrogens is 917 g/mol. The van der Waals surface area contributed by atoms with Crippen molar-refractivity contribution in [3.05, 3.63) is 336 Å². The van der Waals surface area contributed by atoms with Crippen LogP contribution < -0.4 is 4.90 Å². The molecule has 76 heavy (non-hydrogen) atoms. The first-order valence-electron chi connectivity index (χ1n) is 26.5. The van der Waals surface area contributed by atoms with Gasteiger partial charge < -0.3 is 9.47 Å².